The Morgan fingerprint density at radius 2 is 1.92 bits per heavy atom. The van der Waals surface area contributed by atoms with Crippen LogP contribution in [0.5, 0.6) is 0 Å². The summed E-state index contributed by atoms with van der Waals surface area (Å²) in [5.74, 6) is 0.361. The number of hydrogen-bond acceptors (Lipinski definition) is 3. The maximum absolute atomic E-state index is 12.2. The Balaban J connectivity index is 1.52. The van der Waals surface area contributed by atoms with E-state index in [2.05, 4.69) is 21.7 Å². The van der Waals surface area contributed by atoms with E-state index in [1.807, 2.05) is 49.4 Å². The number of pyridine rings is 1. The van der Waals surface area contributed by atoms with Gasteiger partial charge in [-0.2, -0.15) is 0 Å². The maximum atomic E-state index is 12.2. The summed E-state index contributed by atoms with van der Waals surface area (Å²) in [6.45, 7) is 2.73. The molecule has 5 heteroatoms. The van der Waals surface area contributed by atoms with Gasteiger partial charge in [-0.15, -0.1) is 0 Å². The van der Waals surface area contributed by atoms with E-state index >= 15 is 0 Å². The Kier molecular flexibility index (Phi) is 5.87. The summed E-state index contributed by atoms with van der Waals surface area (Å²) in [7, 11) is 0. The van der Waals surface area contributed by atoms with Gasteiger partial charge in [0.15, 0.2) is 0 Å². The highest BCUT2D eigenvalue weighted by molar-refractivity contribution is 6.30. The molecular weight excluding hydrogens is 346 g/mol. The van der Waals surface area contributed by atoms with Gasteiger partial charge in [0.05, 0.1) is 11.9 Å². The first-order valence-electron chi connectivity index (χ1n) is 8.42. The molecule has 0 saturated carbocycles. The van der Waals surface area contributed by atoms with E-state index in [1.54, 1.807) is 18.3 Å². The Labute approximate surface area is 158 Å². The van der Waals surface area contributed by atoms with Crippen LogP contribution < -0.4 is 10.6 Å². The minimum absolute atomic E-state index is 0.164. The predicted octanol–water partition coefficient (Wildman–Crippen LogP) is 4.95. The number of nitrogens with one attached hydrogen (secondary N) is 2. The van der Waals surface area contributed by atoms with Gasteiger partial charge in [-0.1, -0.05) is 41.4 Å². The number of aryl methyl sites for hydroxylation is 1. The first-order valence-corrected chi connectivity index (χ1v) is 8.80. The smallest absolute Gasteiger partial charge is 0.256 e. The van der Waals surface area contributed by atoms with Crippen LogP contribution in [-0.2, 0) is 6.42 Å². The zero-order valence-electron chi connectivity index (χ0n) is 14.5. The number of carbonyl (C=O) groups excluding carboxylic acids is 1. The number of aromatic nitrogens is 1. The summed E-state index contributed by atoms with van der Waals surface area (Å²) in [6, 6.07) is 19.0. The Morgan fingerprint density at radius 3 is 2.65 bits per heavy atom. The van der Waals surface area contributed by atoms with Gasteiger partial charge in [0.25, 0.3) is 5.91 Å². The zero-order valence-corrected chi connectivity index (χ0v) is 15.3. The van der Waals surface area contributed by atoms with Crippen LogP contribution >= 0.6 is 11.6 Å². The van der Waals surface area contributed by atoms with Crippen molar-refractivity contribution in [3.63, 3.8) is 0 Å². The molecule has 1 heterocycles. The van der Waals surface area contributed by atoms with Gasteiger partial charge in [0, 0.05) is 17.1 Å². The Bertz CT molecular complexity index is 894. The van der Waals surface area contributed by atoms with Crippen LogP contribution in [0.25, 0.3) is 0 Å². The molecule has 0 atom stereocenters. The summed E-state index contributed by atoms with van der Waals surface area (Å²) in [6.07, 6.45) is 2.58. The maximum Gasteiger partial charge on any atom is 0.256 e. The predicted molar refractivity (Wildman–Crippen MR) is 107 cm³/mol. The minimum atomic E-state index is -0.164. The topological polar surface area (TPSA) is 54.0 Å². The van der Waals surface area contributed by atoms with Crippen molar-refractivity contribution in [2.75, 3.05) is 17.2 Å². The first kappa shape index (κ1) is 18.0. The third kappa shape index (κ3) is 5.07. The molecule has 0 unspecified atom stereocenters. The summed E-state index contributed by atoms with van der Waals surface area (Å²) in [5.41, 5.74) is 3.75. The molecule has 3 rings (SSSR count). The molecule has 3 aromatic rings. The second kappa shape index (κ2) is 8.50. The zero-order chi connectivity index (χ0) is 18.4. The van der Waals surface area contributed by atoms with Crippen molar-refractivity contribution < 1.29 is 4.79 Å². The van der Waals surface area contributed by atoms with Crippen molar-refractivity contribution in [1.82, 2.24) is 4.98 Å². The van der Waals surface area contributed by atoms with Gasteiger partial charge < -0.3 is 10.6 Å². The molecule has 26 heavy (non-hydrogen) atoms. The molecule has 132 valence electrons. The van der Waals surface area contributed by atoms with Crippen molar-refractivity contribution in [2.24, 2.45) is 0 Å². The number of carbonyl (C=O) groups is 1. The van der Waals surface area contributed by atoms with Crippen molar-refractivity contribution in [3.05, 3.63) is 88.6 Å². The van der Waals surface area contributed by atoms with Gasteiger partial charge in [0.1, 0.15) is 5.82 Å². The standard InChI is InChI=1S/C21H20ClN3O/c1-15-4-2-6-17(12-15)21(26)25-20-9-8-19(14-24-20)23-11-10-16-5-3-7-18(22)13-16/h2-9,12-14,23H,10-11H2,1H3,(H,24,25,26). The second-order valence-corrected chi connectivity index (χ2v) is 6.50. The average Bonchev–Trinajstić information content (AvgIpc) is 2.63. The van der Waals surface area contributed by atoms with E-state index < -0.39 is 0 Å². The van der Waals surface area contributed by atoms with Crippen molar-refractivity contribution >= 4 is 29.0 Å². The highest BCUT2D eigenvalue weighted by atomic mass is 35.5. The van der Waals surface area contributed by atoms with E-state index in [0.29, 0.717) is 11.4 Å². The highest BCUT2D eigenvalue weighted by Crippen LogP contribution is 2.14. The fourth-order valence-electron chi connectivity index (χ4n) is 2.59. The monoisotopic (exact) mass is 365 g/mol. The van der Waals surface area contributed by atoms with Gasteiger partial charge in [-0.3, -0.25) is 4.79 Å². The number of amides is 1. The van der Waals surface area contributed by atoms with Gasteiger partial charge in [0.2, 0.25) is 0 Å². The van der Waals surface area contributed by atoms with Crippen LogP contribution in [0.3, 0.4) is 0 Å². The van der Waals surface area contributed by atoms with Crippen molar-refractivity contribution in [1.29, 1.82) is 0 Å². The van der Waals surface area contributed by atoms with Crippen LogP contribution in [-0.4, -0.2) is 17.4 Å². The molecule has 0 bridgehead atoms. The SMILES string of the molecule is Cc1cccc(C(=O)Nc2ccc(NCCc3cccc(Cl)c3)cn2)c1. The number of hydrogen-bond donors (Lipinski definition) is 2. The molecule has 1 amide bonds. The number of halogens is 1. The van der Waals surface area contributed by atoms with E-state index in [-0.39, 0.29) is 5.91 Å². The molecule has 0 aliphatic carbocycles. The average molecular weight is 366 g/mol. The fourth-order valence-corrected chi connectivity index (χ4v) is 2.80. The third-order valence-corrected chi connectivity index (χ3v) is 4.15. The van der Waals surface area contributed by atoms with E-state index in [0.717, 1.165) is 29.2 Å². The quantitative estimate of drug-likeness (QED) is 0.649. The lowest BCUT2D eigenvalue weighted by Crippen LogP contribution is -2.13. The molecule has 0 spiro atoms. The van der Waals surface area contributed by atoms with E-state index in [9.17, 15) is 4.79 Å². The third-order valence-electron chi connectivity index (χ3n) is 3.92. The van der Waals surface area contributed by atoms with Gasteiger partial charge >= 0.3 is 0 Å². The molecule has 2 aromatic carbocycles. The lowest BCUT2D eigenvalue weighted by Gasteiger charge is -2.08. The highest BCUT2D eigenvalue weighted by Gasteiger charge is 2.06. The van der Waals surface area contributed by atoms with Crippen LogP contribution in [0.4, 0.5) is 11.5 Å². The molecule has 0 aliphatic rings. The van der Waals surface area contributed by atoms with E-state index in [1.165, 1.54) is 5.56 Å². The van der Waals surface area contributed by atoms with Gasteiger partial charge in [-0.05, 0) is 55.3 Å². The lowest BCUT2D eigenvalue weighted by atomic mass is 10.1. The fraction of sp³-hybridized carbons (Fsp3) is 0.143. The van der Waals surface area contributed by atoms with Crippen molar-refractivity contribution in [2.45, 2.75) is 13.3 Å². The number of rotatable bonds is 6. The van der Waals surface area contributed by atoms with Crippen LogP contribution in [0.1, 0.15) is 21.5 Å². The second-order valence-electron chi connectivity index (χ2n) is 6.06. The van der Waals surface area contributed by atoms with Crippen molar-refractivity contribution in [3.8, 4) is 0 Å². The molecule has 0 fully saturated rings. The van der Waals surface area contributed by atoms with Gasteiger partial charge in [-0.25, -0.2) is 4.98 Å². The minimum Gasteiger partial charge on any atom is -0.383 e. The Hall–Kier alpha value is -2.85. The van der Waals surface area contributed by atoms with Crippen LogP contribution in [0, 0.1) is 6.92 Å². The normalized spacial score (nSPS) is 10.4. The summed E-state index contributed by atoms with van der Waals surface area (Å²) >= 11 is 5.99. The molecule has 0 saturated heterocycles. The Morgan fingerprint density at radius 1 is 1.08 bits per heavy atom. The summed E-state index contributed by atoms with van der Waals surface area (Å²) in [4.78, 5) is 16.5. The van der Waals surface area contributed by atoms with Crippen LogP contribution in [0.2, 0.25) is 5.02 Å². The van der Waals surface area contributed by atoms with E-state index in [4.69, 9.17) is 11.6 Å². The molecule has 0 radical (unpaired) electrons. The first-order chi connectivity index (χ1) is 12.6. The lowest BCUT2D eigenvalue weighted by molar-refractivity contribution is 0.102. The summed E-state index contributed by atoms with van der Waals surface area (Å²) in [5, 5.41) is 6.87. The molecule has 2 N–H and O–H groups in total. The molecule has 1 aromatic heterocycles. The number of nitrogens with zero attached hydrogens (tertiary/aromatic N) is 1. The largest absolute Gasteiger partial charge is 0.383 e. The number of anilines is 2. The summed E-state index contributed by atoms with van der Waals surface area (Å²) < 4.78 is 0. The van der Waals surface area contributed by atoms with Crippen LogP contribution in [0.15, 0.2) is 66.9 Å². The number of benzene rings is 2. The molecule has 0 aliphatic heterocycles. The molecule has 4 nitrogen and oxygen atoms in total. The molecular formula is C21H20ClN3O.